The fraction of sp³-hybridized carbons (Fsp3) is 0.0833. The van der Waals surface area contributed by atoms with Crippen LogP contribution in [0.2, 0.25) is 10.0 Å². The number of anilines is 1. The molecule has 0 aliphatic carbocycles. The summed E-state index contributed by atoms with van der Waals surface area (Å²) < 4.78 is 11.8. The van der Waals surface area contributed by atoms with Crippen LogP contribution in [0.25, 0.3) is 0 Å². The van der Waals surface area contributed by atoms with E-state index in [1.54, 1.807) is 43.3 Å². The zero-order chi connectivity index (χ0) is 25.4. The Bertz CT molecular complexity index is 1280. The second-order valence-corrected chi connectivity index (χ2v) is 8.57. The van der Waals surface area contributed by atoms with Crippen molar-refractivity contribution in [2.75, 3.05) is 11.9 Å². The average molecular weight is 579 g/mol. The summed E-state index contributed by atoms with van der Waals surface area (Å²) in [5.41, 5.74) is 3.28. The summed E-state index contributed by atoms with van der Waals surface area (Å²) in [5.74, 6) is -2.06. The molecule has 0 unspecified atom stereocenters. The first kappa shape index (κ1) is 26.2. The van der Waals surface area contributed by atoms with Gasteiger partial charge in [-0.25, -0.2) is 10.2 Å². The molecule has 0 saturated carbocycles. The van der Waals surface area contributed by atoms with Crippen LogP contribution in [-0.2, 0) is 9.59 Å². The average Bonchev–Trinajstić information content (AvgIpc) is 2.82. The SMILES string of the molecule is CCOc1cc(C=NNC(=O)C(=O)Nc2ccc(Br)cc2)ccc1OC(=O)c1ccc(Cl)cc1Cl. The van der Waals surface area contributed by atoms with Crippen molar-refractivity contribution in [2.45, 2.75) is 6.92 Å². The van der Waals surface area contributed by atoms with Gasteiger partial charge in [0, 0.05) is 15.2 Å². The van der Waals surface area contributed by atoms with E-state index in [4.69, 9.17) is 32.7 Å². The molecule has 3 aromatic rings. The Hall–Kier alpha value is -3.40. The molecule has 2 N–H and O–H groups in total. The van der Waals surface area contributed by atoms with Crippen molar-refractivity contribution in [3.63, 3.8) is 0 Å². The summed E-state index contributed by atoms with van der Waals surface area (Å²) in [6.45, 7) is 2.08. The van der Waals surface area contributed by atoms with Crippen LogP contribution in [0.5, 0.6) is 11.5 Å². The number of nitrogens with one attached hydrogen (secondary N) is 2. The quantitative estimate of drug-likeness (QED) is 0.127. The van der Waals surface area contributed by atoms with Gasteiger partial charge in [-0.05, 0) is 73.2 Å². The Morgan fingerprint density at radius 1 is 0.971 bits per heavy atom. The molecule has 180 valence electrons. The minimum Gasteiger partial charge on any atom is -0.490 e. The van der Waals surface area contributed by atoms with Crippen LogP contribution in [-0.4, -0.2) is 30.6 Å². The Balaban J connectivity index is 1.65. The fourth-order valence-electron chi connectivity index (χ4n) is 2.70. The molecular formula is C24H18BrCl2N3O5. The van der Waals surface area contributed by atoms with E-state index in [-0.39, 0.29) is 22.1 Å². The lowest BCUT2D eigenvalue weighted by atomic mass is 10.2. The van der Waals surface area contributed by atoms with Crippen LogP contribution in [0.4, 0.5) is 5.69 Å². The first-order valence-electron chi connectivity index (χ1n) is 10.1. The third-order valence-corrected chi connectivity index (χ3v) is 5.39. The number of rotatable bonds is 7. The summed E-state index contributed by atoms with van der Waals surface area (Å²) in [6.07, 6.45) is 1.31. The number of halogens is 3. The van der Waals surface area contributed by atoms with E-state index >= 15 is 0 Å². The summed E-state index contributed by atoms with van der Waals surface area (Å²) in [4.78, 5) is 36.5. The van der Waals surface area contributed by atoms with Crippen molar-refractivity contribution in [3.05, 3.63) is 86.3 Å². The van der Waals surface area contributed by atoms with E-state index in [2.05, 4.69) is 31.8 Å². The molecule has 11 heteroatoms. The van der Waals surface area contributed by atoms with Crippen LogP contribution in [0.15, 0.2) is 70.2 Å². The molecule has 0 heterocycles. The number of ether oxygens (including phenoxy) is 2. The molecule has 0 aliphatic rings. The Labute approximate surface area is 219 Å². The molecule has 0 fully saturated rings. The summed E-state index contributed by atoms with van der Waals surface area (Å²) in [6, 6.07) is 15.8. The van der Waals surface area contributed by atoms with E-state index in [1.807, 2.05) is 0 Å². The molecule has 3 aromatic carbocycles. The molecule has 0 spiro atoms. The number of hydrogen-bond donors (Lipinski definition) is 2. The lowest BCUT2D eigenvalue weighted by Crippen LogP contribution is -2.32. The van der Waals surface area contributed by atoms with Gasteiger partial charge < -0.3 is 14.8 Å². The second kappa shape index (κ2) is 12.3. The van der Waals surface area contributed by atoms with Gasteiger partial charge in [0.2, 0.25) is 0 Å². The normalized spacial score (nSPS) is 10.6. The van der Waals surface area contributed by atoms with Crippen LogP contribution in [0.3, 0.4) is 0 Å². The van der Waals surface area contributed by atoms with E-state index in [1.165, 1.54) is 30.5 Å². The van der Waals surface area contributed by atoms with Crippen LogP contribution >= 0.6 is 39.1 Å². The Morgan fingerprint density at radius 3 is 2.40 bits per heavy atom. The summed E-state index contributed by atoms with van der Waals surface area (Å²) in [5, 5.41) is 6.80. The number of benzene rings is 3. The fourth-order valence-corrected chi connectivity index (χ4v) is 3.45. The van der Waals surface area contributed by atoms with Crippen LogP contribution < -0.4 is 20.2 Å². The number of amides is 2. The first-order valence-corrected chi connectivity index (χ1v) is 11.7. The van der Waals surface area contributed by atoms with E-state index < -0.39 is 17.8 Å². The third-order valence-electron chi connectivity index (χ3n) is 4.31. The van der Waals surface area contributed by atoms with Gasteiger partial charge in [-0.2, -0.15) is 5.10 Å². The Kier molecular flexibility index (Phi) is 9.25. The lowest BCUT2D eigenvalue weighted by Gasteiger charge is -2.12. The van der Waals surface area contributed by atoms with Gasteiger partial charge in [0.1, 0.15) is 0 Å². The van der Waals surface area contributed by atoms with Crippen LogP contribution in [0.1, 0.15) is 22.8 Å². The third kappa shape index (κ3) is 7.54. The maximum atomic E-state index is 12.5. The highest BCUT2D eigenvalue weighted by Gasteiger charge is 2.17. The van der Waals surface area contributed by atoms with Gasteiger partial charge in [0.15, 0.2) is 11.5 Å². The van der Waals surface area contributed by atoms with Crippen molar-refractivity contribution >= 4 is 68.8 Å². The highest BCUT2D eigenvalue weighted by atomic mass is 79.9. The van der Waals surface area contributed by atoms with Gasteiger partial charge in [-0.3, -0.25) is 9.59 Å². The van der Waals surface area contributed by atoms with Crippen molar-refractivity contribution in [3.8, 4) is 11.5 Å². The summed E-state index contributed by atoms with van der Waals surface area (Å²) in [7, 11) is 0. The predicted octanol–water partition coefficient (Wildman–Crippen LogP) is 5.46. The molecule has 0 atom stereocenters. The van der Waals surface area contributed by atoms with E-state index in [0.717, 1.165) is 4.47 Å². The lowest BCUT2D eigenvalue weighted by molar-refractivity contribution is -0.136. The molecule has 0 radical (unpaired) electrons. The summed E-state index contributed by atoms with van der Waals surface area (Å²) >= 11 is 15.2. The maximum Gasteiger partial charge on any atom is 0.345 e. The van der Waals surface area contributed by atoms with Gasteiger partial charge in [0.25, 0.3) is 0 Å². The molecule has 0 bridgehead atoms. The number of nitrogens with zero attached hydrogens (tertiary/aromatic N) is 1. The minimum absolute atomic E-state index is 0.147. The van der Waals surface area contributed by atoms with Gasteiger partial charge in [-0.15, -0.1) is 0 Å². The molecular weight excluding hydrogens is 561 g/mol. The predicted molar refractivity (Wildman–Crippen MR) is 138 cm³/mol. The molecule has 8 nitrogen and oxygen atoms in total. The monoisotopic (exact) mass is 577 g/mol. The zero-order valence-corrected chi connectivity index (χ0v) is 21.3. The highest BCUT2D eigenvalue weighted by Crippen LogP contribution is 2.30. The van der Waals surface area contributed by atoms with Crippen molar-refractivity contribution in [1.29, 1.82) is 0 Å². The van der Waals surface area contributed by atoms with Gasteiger partial charge in [0.05, 0.1) is 23.4 Å². The number of carbonyl (C=O) groups is 3. The number of carbonyl (C=O) groups excluding carboxylic acids is 3. The number of hydrogen-bond acceptors (Lipinski definition) is 6. The molecule has 3 rings (SSSR count). The van der Waals surface area contributed by atoms with Crippen LogP contribution in [0, 0.1) is 0 Å². The first-order chi connectivity index (χ1) is 16.8. The second-order valence-electron chi connectivity index (χ2n) is 6.81. The molecule has 0 saturated heterocycles. The molecule has 35 heavy (non-hydrogen) atoms. The number of hydrazone groups is 1. The van der Waals surface area contributed by atoms with E-state index in [9.17, 15) is 14.4 Å². The van der Waals surface area contributed by atoms with E-state index in [0.29, 0.717) is 22.9 Å². The smallest absolute Gasteiger partial charge is 0.345 e. The van der Waals surface area contributed by atoms with Crippen molar-refractivity contribution in [2.24, 2.45) is 5.10 Å². The molecule has 0 aromatic heterocycles. The molecule has 2 amide bonds. The topological polar surface area (TPSA) is 106 Å². The zero-order valence-electron chi connectivity index (χ0n) is 18.2. The standard InChI is InChI=1S/C24H18BrCl2N3O5/c1-2-34-21-11-14(3-10-20(21)35-24(33)18-9-6-16(26)12-19(18)27)13-28-30-23(32)22(31)29-17-7-4-15(25)5-8-17/h3-13H,2H2,1H3,(H,29,31)(H,30,32). The highest BCUT2D eigenvalue weighted by molar-refractivity contribution is 9.10. The van der Waals surface area contributed by atoms with Crippen molar-refractivity contribution in [1.82, 2.24) is 5.43 Å². The largest absolute Gasteiger partial charge is 0.490 e. The Morgan fingerprint density at radius 2 is 1.71 bits per heavy atom. The van der Waals surface area contributed by atoms with Gasteiger partial charge in [-0.1, -0.05) is 39.1 Å². The van der Waals surface area contributed by atoms with Gasteiger partial charge >= 0.3 is 17.8 Å². The van der Waals surface area contributed by atoms with Crippen molar-refractivity contribution < 1.29 is 23.9 Å². The maximum absolute atomic E-state index is 12.5. The minimum atomic E-state index is -0.945. The molecule has 0 aliphatic heterocycles. The number of esters is 1.